The second-order valence-electron chi connectivity index (χ2n) is 13.9. The Morgan fingerprint density at radius 3 is 1.93 bits per heavy atom. The van der Waals surface area contributed by atoms with E-state index in [0.717, 1.165) is 60.9 Å². The van der Waals surface area contributed by atoms with E-state index in [4.69, 9.17) is 10.2 Å². The van der Waals surface area contributed by atoms with Gasteiger partial charge in [-0.05, 0) is 87.4 Å². The molecule has 9 aromatic carbocycles. The van der Waals surface area contributed by atoms with E-state index >= 15 is 0 Å². The fraction of sp³-hybridized carbons (Fsp3) is 0. The van der Waals surface area contributed by atoms with Gasteiger partial charge in [-0.15, -0.1) is 21.5 Å². The van der Waals surface area contributed by atoms with E-state index in [1.54, 1.807) is 4.80 Å². The standard InChI is InChI=1S/C50H32N4S/c1-3-13-33(14-4-1)39-17-7-8-18-41(39)42-19-9-11-21-46(42)53(38-27-29-44-43-20-10-12-22-47(43)55-48(44)32-38)37-26-28-40-35(31-37)24-23-34-25-30-45-50(49(34)40)52-54(51-45)36-15-5-2-6-16-36/h1-32H. The summed E-state index contributed by atoms with van der Waals surface area (Å²) in [5.41, 5.74) is 10.8. The second kappa shape index (κ2) is 12.8. The Morgan fingerprint density at radius 1 is 0.436 bits per heavy atom. The molecule has 0 aliphatic rings. The maximum atomic E-state index is 5.04. The number of para-hydroxylation sites is 2. The predicted molar refractivity (Wildman–Crippen MR) is 232 cm³/mol. The van der Waals surface area contributed by atoms with Gasteiger partial charge >= 0.3 is 0 Å². The van der Waals surface area contributed by atoms with Crippen molar-refractivity contribution < 1.29 is 0 Å². The molecule has 0 atom stereocenters. The van der Waals surface area contributed by atoms with Gasteiger partial charge in [0.1, 0.15) is 11.0 Å². The van der Waals surface area contributed by atoms with Crippen molar-refractivity contribution in [3.8, 4) is 27.9 Å². The summed E-state index contributed by atoms with van der Waals surface area (Å²) in [5.74, 6) is 0. The SMILES string of the molecule is c1ccc(-c2ccccc2-c2ccccc2N(c2ccc3c(ccc4ccc5nn(-c6ccccc6)nc5c43)c2)c2ccc3c(c2)sc2ccccc23)cc1. The van der Waals surface area contributed by atoms with E-state index in [2.05, 4.69) is 169 Å². The molecule has 11 rings (SSSR count). The zero-order chi connectivity index (χ0) is 36.3. The van der Waals surface area contributed by atoms with E-state index in [0.29, 0.717) is 0 Å². The van der Waals surface area contributed by atoms with Gasteiger partial charge in [0.05, 0.1) is 11.4 Å². The van der Waals surface area contributed by atoms with Crippen molar-refractivity contribution in [1.82, 2.24) is 15.0 Å². The van der Waals surface area contributed by atoms with Gasteiger partial charge < -0.3 is 4.90 Å². The normalized spacial score (nSPS) is 11.6. The molecule has 0 N–H and O–H groups in total. The average molecular weight is 721 g/mol. The minimum atomic E-state index is 0.872. The molecule has 0 fully saturated rings. The number of benzene rings is 9. The number of fused-ring (bicyclic) bond motifs is 8. The van der Waals surface area contributed by atoms with E-state index in [1.807, 2.05) is 41.7 Å². The highest BCUT2D eigenvalue weighted by atomic mass is 32.1. The lowest BCUT2D eigenvalue weighted by atomic mass is 9.93. The molecule has 2 aromatic heterocycles. The molecule has 0 aliphatic carbocycles. The molecule has 0 saturated heterocycles. The number of hydrogen-bond donors (Lipinski definition) is 0. The molecule has 11 aromatic rings. The second-order valence-corrected chi connectivity index (χ2v) is 15.0. The molecule has 4 nitrogen and oxygen atoms in total. The van der Waals surface area contributed by atoms with Gasteiger partial charge in [-0.1, -0.05) is 140 Å². The maximum absolute atomic E-state index is 5.04. The summed E-state index contributed by atoms with van der Waals surface area (Å²) in [6, 6.07) is 69.5. The third-order valence-corrected chi connectivity index (χ3v) is 11.8. The molecule has 0 radical (unpaired) electrons. The molecular weight excluding hydrogens is 689 g/mol. The van der Waals surface area contributed by atoms with E-state index in [1.165, 1.54) is 36.9 Å². The van der Waals surface area contributed by atoms with Crippen LogP contribution in [0.5, 0.6) is 0 Å². The van der Waals surface area contributed by atoms with E-state index < -0.39 is 0 Å². The summed E-state index contributed by atoms with van der Waals surface area (Å²) in [4.78, 5) is 4.17. The van der Waals surface area contributed by atoms with Crippen LogP contribution in [0.4, 0.5) is 17.1 Å². The molecule has 2 heterocycles. The number of aromatic nitrogens is 3. The Balaban J connectivity index is 1.14. The van der Waals surface area contributed by atoms with Crippen molar-refractivity contribution in [2.45, 2.75) is 0 Å². The topological polar surface area (TPSA) is 34.0 Å². The molecule has 0 unspecified atom stereocenters. The lowest BCUT2D eigenvalue weighted by molar-refractivity contribution is 0.766. The van der Waals surface area contributed by atoms with Crippen molar-refractivity contribution in [3.63, 3.8) is 0 Å². The van der Waals surface area contributed by atoms with Crippen molar-refractivity contribution >= 4 is 81.1 Å². The van der Waals surface area contributed by atoms with Crippen molar-refractivity contribution in [1.29, 1.82) is 0 Å². The lowest BCUT2D eigenvalue weighted by Gasteiger charge is -2.29. The average Bonchev–Trinajstić information content (AvgIpc) is 3.86. The van der Waals surface area contributed by atoms with Gasteiger partial charge in [0.25, 0.3) is 0 Å². The van der Waals surface area contributed by atoms with Crippen molar-refractivity contribution in [2.75, 3.05) is 4.90 Å². The van der Waals surface area contributed by atoms with Gasteiger partial charge in [0.2, 0.25) is 0 Å². The van der Waals surface area contributed by atoms with Crippen LogP contribution in [-0.2, 0) is 0 Å². The summed E-state index contributed by atoms with van der Waals surface area (Å²) in [7, 11) is 0. The number of rotatable bonds is 6. The minimum absolute atomic E-state index is 0.872. The summed E-state index contributed by atoms with van der Waals surface area (Å²) >= 11 is 1.85. The molecule has 0 saturated carbocycles. The van der Waals surface area contributed by atoms with Crippen molar-refractivity contribution in [3.05, 3.63) is 194 Å². The van der Waals surface area contributed by atoms with Crippen molar-refractivity contribution in [2.24, 2.45) is 0 Å². The van der Waals surface area contributed by atoms with Crippen LogP contribution in [0.2, 0.25) is 0 Å². The molecule has 55 heavy (non-hydrogen) atoms. The quantitative estimate of drug-likeness (QED) is 0.160. The Bertz CT molecular complexity index is 3220. The molecule has 258 valence electrons. The molecule has 0 spiro atoms. The van der Waals surface area contributed by atoms with Crippen LogP contribution in [0.3, 0.4) is 0 Å². The fourth-order valence-corrected chi connectivity index (χ4v) is 9.23. The van der Waals surface area contributed by atoms with Crippen LogP contribution in [-0.4, -0.2) is 15.0 Å². The van der Waals surface area contributed by atoms with Crippen LogP contribution in [0.1, 0.15) is 0 Å². The summed E-state index contributed by atoms with van der Waals surface area (Å²) in [6.07, 6.45) is 0. The maximum Gasteiger partial charge on any atom is 0.122 e. The van der Waals surface area contributed by atoms with Crippen LogP contribution < -0.4 is 4.90 Å². The fourth-order valence-electron chi connectivity index (χ4n) is 8.09. The van der Waals surface area contributed by atoms with Gasteiger partial charge in [0, 0.05) is 42.5 Å². The van der Waals surface area contributed by atoms with Gasteiger partial charge in [-0.2, -0.15) is 4.80 Å². The number of nitrogens with zero attached hydrogens (tertiary/aromatic N) is 4. The monoisotopic (exact) mass is 720 g/mol. The van der Waals surface area contributed by atoms with E-state index in [-0.39, 0.29) is 0 Å². The Labute approximate surface area is 321 Å². The highest BCUT2D eigenvalue weighted by molar-refractivity contribution is 7.25. The van der Waals surface area contributed by atoms with Crippen LogP contribution >= 0.6 is 11.3 Å². The smallest absolute Gasteiger partial charge is 0.122 e. The highest BCUT2D eigenvalue weighted by Gasteiger charge is 2.21. The van der Waals surface area contributed by atoms with E-state index in [9.17, 15) is 0 Å². The molecule has 5 heteroatoms. The summed E-state index contributed by atoms with van der Waals surface area (Å²) in [5, 5.41) is 17.0. The molecule has 0 aliphatic heterocycles. The number of anilines is 3. The molecule has 0 bridgehead atoms. The largest absolute Gasteiger partial charge is 0.310 e. The third kappa shape index (κ3) is 5.28. The van der Waals surface area contributed by atoms with Gasteiger partial charge in [0.15, 0.2) is 0 Å². The summed E-state index contributed by atoms with van der Waals surface area (Å²) < 4.78 is 2.56. The van der Waals surface area contributed by atoms with Gasteiger partial charge in [-0.3, -0.25) is 0 Å². The van der Waals surface area contributed by atoms with Crippen LogP contribution in [0, 0.1) is 0 Å². The zero-order valence-electron chi connectivity index (χ0n) is 29.7. The highest BCUT2D eigenvalue weighted by Crippen LogP contribution is 2.46. The first kappa shape index (κ1) is 31.4. The third-order valence-electron chi connectivity index (χ3n) is 10.6. The Kier molecular flexibility index (Phi) is 7.32. The predicted octanol–water partition coefficient (Wildman–Crippen LogP) is 13.9. The summed E-state index contributed by atoms with van der Waals surface area (Å²) in [6.45, 7) is 0. The number of hydrogen-bond acceptors (Lipinski definition) is 4. The number of thiophene rings is 1. The molecular formula is C50H32N4S. The van der Waals surface area contributed by atoms with Crippen LogP contribution in [0.25, 0.3) is 80.7 Å². The Morgan fingerprint density at radius 2 is 1.07 bits per heavy atom. The zero-order valence-corrected chi connectivity index (χ0v) is 30.5. The first-order chi connectivity index (χ1) is 27.3. The minimum Gasteiger partial charge on any atom is -0.310 e. The van der Waals surface area contributed by atoms with Crippen LogP contribution in [0.15, 0.2) is 194 Å². The first-order valence-corrected chi connectivity index (χ1v) is 19.3. The molecule has 0 amide bonds. The van der Waals surface area contributed by atoms with Gasteiger partial charge in [-0.25, -0.2) is 0 Å². The lowest BCUT2D eigenvalue weighted by Crippen LogP contribution is -2.11. The first-order valence-electron chi connectivity index (χ1n) is 18.5. The Hall–Kier alpha value is -7.08.